The van der Waals surface area contributed by atoms with Gasteiger partial charge in [-0.1, -0.05) is 105 Å². The van der Waals surface area contributed by atoms with Crippen LogP contribution in [0.3, 0.4) is 0 Å². The molecule has 5 nitrogen and oxygen atoms in total. The van der Waals surface area contributed by atoms with Crippen molar-refractivity contribution in [2.24, 2.45) is 5.41 Å². The van der Waals surface area contributed by atoms with E-state index in [9.17, 15) is 9.59 Å². The second-order valence-corrected chi connectivity index (χ2v) is 13.7. The van der Waals surface area contributed by atoms with Gasteiger partial charge in [0.15, 0.2) is 0 Å². The molecule has 2 atom stereocenters. The molecule has 0 aliphatic heterocycles. The minimum Gasteiger partial charge on any atom is -0.379 e. The van der Waals surface area contributed by atoms with Crippen LogP contribution in [0, 0.1) is 5.41 Å². The van der Waals surface area contributed by atoms with Gasteiger partial charge in [-0.2, -0.15) is 25.3 Å². The Hall–Kier alpha value is -0.400. The zero-order valence-electron chi connectivity index (χ0n) is 24.1. The van der Waals surface area contributed by atoms with Gasteiger partial charge in [-0.15, -0.1) is 0 Å². The van der Waals surface area contributed by atoms with Gasteiger partial charge in [0.25, 0.3) is 0 Å². The van der Waals surface area contributed by atoms with Crippen LogP contribution in [0.25, 0.3) is 0 Å². The minimum atomic E-state index is -0.438. The number of rotatable bonds is 24. The van der Waals surface area contributed by atoms with Crippen LogP contribution < -0.4 is 10.6 Å². The predicted octanol–water partition coefficient (Wildman–Crippen LogP) is 7.14. The second-order valence-electron chi connectivity index (χ2n) is 11.8. The van der Waals surface area contributed by atoms with E-state index in [1.165, 1.54) is 70.6 Å². The lowest BCUT2D eigenvalue weighted by Gasteiger charge is -2.29. The first kappa shape index (κ1) is 35.6. The van der Waals surface area contributed by atoms with Gasteiger partial charge in [-0.25, -0.2) is 0 Å². The third-order valence-electron chi connectivity index (χ3n) is 6.32. The summed E-state index contributed by atoms with van der Waals surface area (Å²) in [6.45, 7) is 12.2. The summed E-state index contributed by atoms with van der Waals surface area (Å²) < 4.78 is 5.46. The lowest BCUT2D eigenvalue weighted by molar-refractivity contribution is -0.122. The maximum absolute atomic E-state index is 12.2. The largest absolute Gasteiger partial charge is 0.379 e. The zero-order valence-corrected chi connectivity index (χ0v) is 25.9. The summed E-state index contributed by atoms with van der Waals surface area (Å²) in [6.07, 6.45) is 18.0. The summed E-state index contributed by atoms with van der Waals surface area (Å²) >= 11 is 8.94. The Labute approximate surface area is 234 Å². The number of unbranched alkanes of at least 4 members (excludes halogenated alkanes) is 12. The molecule has 0 fully saturated rings. The molecular weight excluding hydrogens is 488 g/mol. The summed E-state index contributed by atoms with van der Waals surface area (Å²) in [6, 6.07) is 0. The number of thiol groups is 2. The number of ether oxygens (including phenoxy) is 1. The first-order chi connectivity index (χ1) is 17.0. The average molecular weight is 547 g/mol. The van der Waals surface area contributed by atoms with Gasteiger partial charge in [0, 0.05) is 36.6 Å². The normalized spacial score (nSPS) is 14.3. The molecule has 0 aliphatic carbocycles. The first-order valence-electron chi connectivity index (χ1n) is 14.5. The van der Waals surface area contributed by atoms with Gasteiger partial charge in [-0.3, -0.25) is 9.59 Å². The van der Waals surface area contributed by atoms with E-state index in [2.05, 4.69) is 56.7 Å². The SMILES string of the molecule is CCCCCCCCCCCCCCCC(=O)NCC(C)(S)COCC(C)(C)CNC(=O)CC(C)S. The fourth-order valence-electron chi connectivity index (χ4n) is 4.01. The Bertz CT molecular complexity index is 569. The topological polar surface area (TPSA) is 67.4 Å². The molecule has 0 saturated carbocycles. The van der Waals surface area contributed by atoms with Gasteiger partial charge < -0.3 is 15.4 Å². The number of carbonyl (C=O) groups is 2. The van der Waals surface area contributed by atoms with Crippen LogP contribution in [0.15, 0.2) is 0 Å². The molecule has 36 heavy (non-hydrogen) atoms. The molecule has 2 N–H and O–H groups in total. The fraction of sp³-hybridized carbons (Fsp3) is 0.931. The van der Waals surface area contributed by atoms with Crippen LogP contribution in [0.4, 0.5) is 0 Å². The molecule has 0 radical (unpaired) electrons. The van der Waals surface area contributed by atoms with Crippen molar-refractivity contribution in [1.29, 1.82) is 0 Å². The molecule has 0 heterocycles. The summed E-state index contributed by atoms with van der Waals surface area (Å²) in [5.41, 5.74) is -0.184. The number of hydrogen-bond donors (Lipinski definition) is 4. The summed E-state index contributed by atoms with van der Waals surface area (Å²) in [7, 11) is 0. The third-order valence-corrected chi connectivity index (χ3v) is 6.79. The van der Waals surface area contributed by atoms with Crippen molar-refractivity contribution in [3.8, 4) is 0 Å². The van der Waals surface area contributed by atoms with E-state index in [0.29, 0.717) is 39.1 Å². The standard InChI is InChI=1S/C29H58N2O3S2/c1-6-7-8-9-10-11-12-13-14-15-16-17-18-19-26(32)31-22-29(5,36)24-34-23-28(3,4)21-30-27(33)20-25(2)35/h25,35-36H,6-24H2,1-5H3,(H,30,33)(H,31,32). The number of nitrogens with one attached hydrogen (secondary N) is 2. The molecule has 0 aromatic heterocycles. The number of carbonyl (C=O) groups excluding carboxylic acids is 2. The van der Waals surface area contributed by atoms with Crippen molar-refractivity contribution in [2.45, 2.75) is 141 Å². The molecule has 2 unspecified atom stereocenters. The van der Waals surface area contributed by atoms with Crippen molar-refractivity contribution in [3.05, 3.63) is 0 Å². The quantitative estimate of drug-likeness (QED) is 0.0768. The third kappa shape index (κ3) is 24.0. The highest BCUT2D eigenvalue weighted by Crippen LogP contribution is 2.19. The van der Waals surface area contributed by atoms with Gasteiger partial charge in [0.1, 0.15) is 0 Å². The van der Waals surface area contributed by atoms with Crippen LogP contribution in [-0.4, -0.2) is 48.1 Å². The smallest absolute Gasteiger partial charge is 0.221 e. The van der Waals surface area contributed by atoms with Crippen LogP contribution in [0.1, 0.15) is 131 Å². The average Bonchev–Trinajstić information content (AvgIpc) is 2.79. The molecule has 0 aromatic rings. The number of amides is 2. The first-order valence-corrected chi connectivity index (χ1v) is 15.5. The van der Waals surface area contributed by atoms with E-state index in [1.807, 2.05) is 13.8 Å². The van der Waals surface area contributed by atoms with Crippen LogP contribution in [0.5, 0.6) is 0 Å². The maximum Gasteiger partial charge on any atom is 0.221 e. The van der Waals surface area contributed by atoms with E-state index in [-0.39, 0.29) is 22.5 Å². The lowest BCUT2D eigenvalue weighted by atomic mass is 9.94. The summed E-state index contributed by atoms with van der Waals surface area (Å²) in [4.78, 5) is 24.1. The molecule has 0 aromatic carbocycles. The predicted molar refractivity (Wildman–Crippen MR) is 161 cm³/mol. The Kier molecular flexibility index (Phi) is 21.3. The Morgan fingerprint density at radius 2 is 1.22 bits per heavy atom. The maximum atomic E-state index is 12.2. The van der Waals surface area contributed by atoms with Crippen molar-refractivity contribution in [1.82, 2.24) is 10.6 Å². The molecule has 0 aliphatic rings. The molecule has 2 amide bonds. The Balaban J connectivity index is 3.75. The monoisotopic (exact) mass is 546 g/mol. The van der Waals surface area contributed by atoms with E-state index in [1.54, 1.807) is 0 Å². The van der Waals surface area contributed by atoms with E-state index in [0.717, 1.165) is 12.8 Å². The van der Waals surface area contributed by atoms with E-state index < -0.39 is 4.75 Å². The van der Waals surface area contributed by atoms with Crippen LogP contribution in [-0.2, 0) is 14.3 Å². The van der Waals surface area contributed by atoms with Crippen molar-refractivity contribution in [2.75, 3.05) is 26.3 Å². The molecule has 0 rings (SSSR count). The second kappa shape index (κ2) is 21.5. The Morgan fingerprint density at radius 3 is 1.72 bits per heavy atom. The summed E-state index contributed by atoms with van der Waals surface area (Å²) in [5.74, 6) is 0.107. The molecular formula is C29H58N2O3S2. The minimum absolute atomic E-state index is 0.0100. The van der Waals surface area contributed by atoms with Crippen LogP contribution >= 0.6 is 25.3 Å². The van der Waals surface area contributed by atoms with Crippen molar-refractivity contribution in [3.63, 3.8) is 0 Å². The highest BCUT2D eigenvalue weighted by molar-refractivity contribution is 7.81. The van der Waals surface area contributed by atoms with Crippen molar-refractivity contribution < 1.29 is 14.3 Å². The van der Waals surface area contributed by atoms with Gasteiger partial charge in [0.2, 0.25) is 11.8 Å². The number of hydrogen-bond acceptors (Lipinski definition) is 5. The highest BCUT2D eigenvalue weighted by Gasteiger charge is 2.24. The summed E-state index contributed by atoms with van der Waals surface area (Å²) in [5, 5.41) is 6.01. The van der Waals surface area contributed by atoms with Gasteiger partial charge >= 0.3 is 0 Å². The van der Waals surface area contributed by atoms with Crippen LogP contribution in [0.2, 0.25) is 0 Å². The van der Waals surface area contributed by atoms with E-state index in [4.69, 9.17) is 4.74 Å². The van der Waals surface area contributed by atoms with Crippen molar-refractivity contribution >= 4 is 37.1 Å². The van der Waals surface area contributed by atoms with Gasteiger partial charge in [0.05, 0.1) is 18.0 Å². The molecule has 7 heteroatoms. The molecule has 0 spiro atoms. The molecule has 214 valence electrons. The fourth-order valence-corrected chi connectivity index (χ4v) is 4.34. The Morgan fingerprint density at radius 1 is 0.750 bits per heavy atom. The van der Waals surface area contributed by atoms with Gasteiger partial charge in [-0.05, 0) is 13.3 Å². The van der Waals surface area contributed by atoms with E-state index >= 15 is 0 Å². The highest BCUT2D eigenvalue weighted by atomic mass is 32.1. The molecule has 0 bridgehead atoms. The zero-order chi connectivity index (χ0) is 27.3. The lowest BCUT2D eigenvalue weighted by Crippen LogP contribution is -2.42. The molecule has 0 saturated heterocycles.